The lowest BCUT2D eigenvalue weighted by Gasteiger charge is -2.27. The van der Waals surface area contributed by atoms with Gasteiger partial charge in [0, 0.05) is 45.6 Å². The number of alkyl halides is 2. The Balaban J connectivity index is 1.44. The molecule has 1 N–H and O–H groups in total. The highest BCUT2D eigenvalue weighted by molar-refractivity contribution is 8.26. The van der Waals surface area contributed by atoms with Crippen LogP contribution in [-0.4, -0.2) is 50.4 Å². The lowest BCUT2D eigenvalue weighted by atomic mass is 10.1. The van der Waals surface area contributed by atoms with Crippen LogP contribution in [0.2, 0.25) is 0 Å². The number of carbonyl (C=O) groups excluding carboxylic acids is 1. The maximum atomic E-state index is 15.1. The lowest BCUT2D eigenvalue weighted by Crippen LogP contribution is -2.48. The van der Waals surface area contributed by atoms with Gasteiger partial charge >= 0.3 is 5.66 Å². The van der Waals surface area contributed by atoms with Gasteiger partial charge in [0.1, 0.15) is 23.1 Å². The number of nitrogens with one attached hydrogen (secondary N) is 1. The Kier molecular flexibility index (Phi) is 5.97. The molecule has 3 heterocycles. The van der Waals surface area contributed by atoms with Crippen LogP contribution in [0.1, 0.15) is 30.5 Å². The van der Waals surface area contributed by atoms with Crippen molar-refractivity contribution in [3.8, 4) is 17.5 Å². The summed E-state index contributed by atoms with van der Waals surface area (Å²) in [6.45, 7) is 1.94. The summed E-state index contributed by atoms with van der Waals surface area (Å²) in [5, 5.41) is 16.4. The number of nitrogens with zero attached hydrogens (tertiary/aromatic N) is 4. The minimum Gasteiger partial charge on any atom is -0.497 e. The van der Waals surface area contributed by atoms with Crippen LogP contribution in [0.15, 0.2) is 59.5 Å². The monoisotopic (exact) mass is 569 g/mol. The van der Waals surface area contributed by atoms with Gasteiger partial charge in [-0.1, -0.05) is 24.3 Å². The van der Waals surface area contributed by atoms with Crippen molar-refractivity contribution in [3.05, 3.63) is 65.9 Å². The number of amides is 1. The number of rotatable bonds is 6. The third-order valence-electron chi connectivity index (χ3n) is 7.53. The molecule has 1 amide bonds. The molecular formula is C27H26F2N5O3PS. The standard InChI is InChI=1S/C27H26F2N5O3PS/c1-17-12-24(34(32-17)18-6-5-7-19(13-18)37-2)33-15-20(14-22(33)25(35)31-26(16-30)10-11-26)39(36)23-9-4-3-8-21(23)27(28,29)38-39/h3-9,12-13,20,22H,10-11,14-15H2,1-2H3,(H,31,35)/t20-,22+,39?/m1/s1. The normalized spacial score (nSPS) is 26.3. The first-order valence-corrected chi connectivity index (χ1v) is 15.7. The van der Waals surface area contributed by atoms with E-state index >= 15 is 8.78 Å². The van der Waals surface area contributed by atoms with Gasteiger partial charge in [0.2, 0.25) is 5.91 Å². The van der Waals surface area contributed by atoms with Gasteiger partial charge in [-0.15, -0.1) is 0 Å². The van der Waals surface area contributed by atoms with Crippen LogP contribution in [0, 0.1) is 18.3 Å². The second kappa shape index (κ2) is 9.04. The van der Waals surface area contributed by atoms with Crippen molar-refractivity contribution in [2.75, 3.05) is 18.6 Å². The number of methoxy groups -OCH3 is 1. The number of aromatic nitrogens is 2. The molecule has 1 aliphatic carbocycles. The molecule has 2 aromatic carbocycles. The Morgan fingerprint density at radius 3 is 2.72 bits per heavy atom. The molecule has 2 fully saturated rings. The van der Waals surface area contributed by atoms with E-state index in [1.807, 2.05) is 25.1 Å². The van der Waals surface area contributed by atoms with E-state index in [9.17, 15) is 14.3 Å². The fraction of sp³-hybridized carbons (Fsp3) is 0.370. The number of halogens is 2. The number of anilines is 1. The van der Waals surface area contributed by atoms with Crippen LogP contribution in [0.5, 0.6) is 5.75 Å². The Morgan fingerprint density at radius 1 is 1.23 bits per heavy atom. The van der Waals surface area contributed by atoms with Crippen LogP contribution < -0.4 is 15.0 Å². The van der Waals surface area contributed by atoms with Crippen molar-refractivity contribution < 1.29 is 22.5 Å². The van der Waals surface area contributed by atoms with Crippen LogP contribution in [0.25, 0.3) is 5.69 Å². The molecule has 202 valence electrons. The maximum absolute atomic E-state index is 15.1. The summed E-state index contributed by atoms with van der Waals surface area (Å²) in [6, 6.07) is 16.4. The highest BCUT2D eigenvalue weighted by Crippen LogP contribution is 2.55. The van der Waals surface area contributed by atoms with E-state index in [-0.39, 0.29) is 29.3 Å². The van der Waals surface area contributed by atoms with Crippen molar-refractivity contribution in [1.29, 1.82) is 5.26 Å². The molecule has 3 aromatic rings. The molecule has 1 unspecified atom stereocenters. The predicted octanol–water partition coefficient (Wildman–Crippen LogP) is 4.58. The summed E-state index contributed by atoms with van der Waals surface area (Å²) in [7, 11) is -2.13. The van der Waals surface area contributed by atoms with Gasteiger partial charge in [0.25, 0.3) is 0 Å². The van der Waals surface area contributed by atoms with Gasteiger partial charge in [-0.2, -0.15) is 19.1 Å². The van der Waals surface area contributed by atoms with Crippen molar-refractivity contribution >= 4 is 28.2 Å². The number of fused-ring (bicyclic) bond motifs is 1. The highest BCUT2D eigenvalue weighted by atomic mass is 32.5. The van der Waals surface area contributed by atoms with Gasteiger partial charge in [0.05, 0.1) is 29.8 Å². The summed E-state index contributed by atoms with van der Waals surface area (Å²) in [5.74, 6) is 0.810. The topological polar surface area (TPSA) is 100 Å². The van der Waals surface area contributed by atoms with Crippen molar-refractivity contribution in [2.45, 2.75) is 53.6 Å². The molecule has 2 aliphatic heterocycles. The molecule has 1 aromatic heterocycles. The Labute approximate surface area is 226 Å². The Hall–Kier alpha value is -3.48. The van der Waals surface area contributed by atoms with E-state index in [4.69, 9.17) is 4.74 Å². The van der Waals surface area contributed by atoms with Crippen molar-refractivity contribution in [3.63, 3.8) is 0 Å². The fourth-order valence-electron chi connectivity index (χ4n) is 5.36. The van der Waals surface area contributed by atoms with E-state index < -0.39 is 39.0 Å². The zero-order chi connectivity index (χ0) is 27.6. The summed E-state index contributed by atoms with van der Waals surface area (Å²) < 4.78 is 51.6. The molecule has 12 heteroatoms. The molecule has 1 saturated heterocycles. The van der Waals surface area contributed by atoms with Crippen molar-refractivity contribution in [2.24, 2.45) is 0 Å². The second-order valence-corrected chi connectivity index (χ2v) is 15.3. The number of nitriles is 1. The SMILES string of the molecule is COc1cccc(-n2nc(C)cc2N2C[C@H](S3(=O)=PC(F)(F)c4ccccc43)C[C@H]2C(=O)NC2(C#N)CC2)c1. The lowest BCUT2D eigenvalue weighted by molar-refractivity contribution is -0.122. The molecule has 3 atom stereocenters. The predicted molar refractivity (Wildman–Crippen MR) is 144 cm³/mol. The molecule has 39 heavy (non-hydrogen) atoms. The van der Waals surface area contributed by atoms with E-state index in [0.29, 0.717) is 35.8 Å². The second-order valence-electron chi connectivity index (χ2n) is 10.2. The minimum atomic E-state index is -3.24. The van der Waals surface area contributed by atoms with Gasteiger partial charge in [-0.05, 0) is 44.4 Å². The maximum Gasteiger partial charge on any atom is 0.321 e. The van der Waals surface area contributed by atoms with E-state index in [1.165, 1.54) is 18.2 Å². The average Bonchev–Trinajstić information content (AvgIpc) is 3.27. The van der Waals surface area contributed by atoms with Gasteiger partial charge in [0.15, 0.2) is 0 Å². The first-order chi connectivity index (χ1) is 18.6. The Bertz CT molecular complexity index is 1650. The summed E-state index contributed by atoms with van der Waals surface area (Å²) in [6.07, 6.45) is 1.22. The number of hydrogen-bond acceptors (Lipinski definition) is 6. The first-order valence-electron chi connectivity index (χ1n) is 12.5. The first kappa shape index (κ1) is 25.8. The molecule has 0 radical (unpaired) electrons. The van der Waals surface area contributed by atoms with Crippen molar-refractivity contribution in [1.82, 2.24) is 15.1 Å². The molecule has 8 nitrogen and oxygen atoms in total. The molecule has 3 aliphatic rings. The number of aryl methyl sites for hydroxylation is 1. The summed E-state index contributed by atoms with van der Waals surface area (Å²) in [4.78, 5) is 15.6. The number of hydrogen-bond donors (Lipinski definition) is 1. The van der Waals surface area contributed by atoms with E-state index in [2.05, 4.69) is 16.5 Å². The molecule has 6 rings (SSSR count). The molecular weight excluding hydrogens is 543 g/mol. The highest BCUT2D eigenvalue weighted by Gasteiger charge is 2.52. The third kappa shape index (κ3) is 4.26. The van der Waals surface area contributed by atoms with Gasteiger partial charge in [-0.3, -0.25) is 9.00 Å². The van der Waals surface area contributed by atoms with E-state index in [1.54, 1.807) is 34.9 Å². The summed E-state index contributed by atoms with van der Waals surface area (Å²) >= 11 is 0. The number of ether oxygens (including phenoxy) is 1. The van der Waals surface area contributed by atoms with E-state index in [0.717, 1.165) is 0 Å². The zero-order valence-electron chi connectivity index (χ0n) is 21.3. The third-order valence-corrected chi connectivity index (χ3v) is 13.5. The Morgan fingerprint density at radius 2 is 2.00 bits per heavy atom. The number of carbonyl (C=O) groups is 1. The van der Waals surface area contributed by atoms with Gasteiger partial charge < -0.3 is 15.0 Å². The fourth-order valence-corrected chi connectivity index (χ4v) is 11.3. The quantitative estimate of drug-likeness (QED) is 0.437. The summed E-state index contributed by atoms with van der Waals surface area (Å²) in [5.41, 5.74) is -2.98. The van der Waals surface area contributed by atoms with Crippen LogP contribution in [0.4, 0.5) is 14.6 Å². The van der Waals surface area contributed by atoms with Crippen LogP contribution in [-0.2, 0) is 19.6 Å². The van der Waals surface area contributed by atoms with Crippen LogP contribution in [0.3, 0.4) is 0 Å². The smallest absolute Gasteiger partial charge is 0.321 e. The average molecular weight is 570 g/mol. The minimum absolute atomic E-state index is 0.103. The largest absolute Gasteiger partial charge is 0.497 e. The molecule has 1 saturated carbocycles. The van der Waals surface area contributed by atoms with Crippen LogP contribution >= 0.6 is 7.36 Å². The number of benzene rings is 2. The molecule has 0 bridgehead atoms. The molecule has 0 spiro atoms. The zero-order valence-corrected chi connectivity index (χ0v) is 23.0. The van der Waals surface area contributed by atoms with Gasteiger partial charge in [-0.25, -0.2) is 4.68 Å².